The number of hydrogen-bond donors (Lipinski definition) is 3. The van der Waals surface area contributed by atoms with Gasteiger partial charge in [-0.05, 0) is 70.4 Å². The van der Waals surface area contributed by atoms with E-state index in [1.54, 1.807) is 28.6 Å². The van der Waals surface area contributed by atoms with Gasteiger partial charge in [-0.3, -0.25) is 4.79 Å². The summed E-state index contributed by atoms with van der Waals surface area (Å²) >= 11 is 1.75. The van der Waals surface area contributed by atoms with Gasteiger partial charge in [-0.15, -0.1) is 11.3 Å². The Morgan fingerprint density at radius 3 is 2.92 bits per heavy atom. The van der Waals surface area contributed by atoms with Crippen LogP contribution in [0, 0.1) is 11.3 Å². The maximum Gasteiger partial charge on any atom is 0.222 e. The molecule has 0 spiro atoms. The van der Waals surface area contributed by atoms with E-state index in [4.69, 9.17) is 15.9 Å². The fraction of sp³-hybridized carbons (Fsp3) is 0.481. The molecule has 0 bridgehead atoms. The predicted octanol–water partition coefficient (Wildman–Crippen LogP) is 5.56. The molecule has 192 valence electrons. The Labute approximate surface area is 216 Å². The average Bonchev–Trinajstić information content (AvgIpc) is 3.23. The van der Waals surface area contributed by atoms with Crippen molar-refractivity contribution in [1.82, 2.24) is 14.9 Å². The minimum Gasteiger partial charge on any atom is -0.489 e. The third-order valence-electron chi connectivity index (χ3n) is 6.81. The topological polar surface area (TPSA) is 117 Å². The van der Waals surface area contributed by atoms with E-state index in [1.165, 1.54) is 16.7 Å². The van der Waals surface area contributed by atoms with Crippen LogP contribution in [0.15, 0.2) is 18.5 Å². The summed E-state index contributed by atoms with van der Waals surface area (Å²) < 4.78 is 6.01. The van der Waals surface area contributed by atoms with Crippen LogP contribution in [0.4, 0.5) is 17.2 Å². The minimum absolute atomic E-state index is 0.0234. The maximum absolute atomic E-state index is 12.1. The first kappa shape index (κ1) is 25.9. The van der Waals surface area contributed by atoms with E-state index in [1.807, 2.05) is 33.9 Å². The SMILES string of the molecule is CCN(C)C(=O)CCCC1CCc2c(sc3ncnc(Nc4cc(C=N)c(N)cc4OC(C)C)c23)C1. The van der Waals surface area contributed by atoms with Gasteiger partial charge in [0, 0.05) is 48.4 Å². The number of aryl methyl sites for hydroxylation is 1. The molecule has 9 heteroatoms. The summed E-state index contributed by atoms with van der Waals surface area (Å²) in [5.74, 6) is 2.20. The lowest BCUT2D eigenvalue weighted by Gasteiger charge is -2.23. The number of benzene rings is 1. The van der Waals surface area contributed by atoms with Crippen LogP contribution in [-0.2, 0) is 17.6 Å². The van der Waals surface area contributed by atoms with Crippen LogP contribution in [0.1, 0.15) is 62.5 Å². The van der Waals surface area contributed by atoms with Crippen LogP contribution in [0.25, 0.3) is 10.2 Å². The van der Waals surface area contributed by atoms with Crippen molar-refractivity contribution in [3.63, 3.8) is 0 Å². The molecule has 2 aromatic heterocycles. The van der Waals surface area contributed by atoms with E-state index in [0.717, 1.165) is 60.4 Å². The molecular formula is C27H36N6O2S. The molecule has 1 amide bonds. The highest BCUT2D eigenvalue weighted by Gasteiger charge is 2.26. The third-order valence-corrected chi connectivity index (χ3v) is 7.97. The van der Waals surface area contributed by atoms with E-state index >= 15 is 0 Å². The van der Waals surface area contributed by atoms with Gasteiger partial charge in [-0.1, -0.05) is 0 Å². The first-order valence-corrected chi connectivity index (χ1v) is 13.5. The van der Waals surface area contributed by atoms with Crippen LogP contribution in [0.3, 0.4) is 0 Å². The van der Waals surface area contributed by atoms with Gasteiger partial charge in [0.2, 0.25) is 5.91 Å². The number of fused-ring (bicyclic) bond motifs is 3. The minimum atomic E-state index is -0.0234. The Bertz CT molecular complexity index is 1250. The smallest absolute Gasteiger partial charge is 0.222 e. The van der Waals surface area contributed by atoms with Gasteiger partial charge in [0.1, 0.15) is 22.7 Å². The van der Waals surface area contributed by atoms with E-state index in [-0.39, 0.29) is 12.0 Å². The van der Waals surface area contributed by atoms with Crippen molar-refractivity contribution in [2.45, 2.75) is 65.4 Å². The molecule has 1 aromatic carbocycles. The van der Waals surface area contributed by atoms with E-state index < -0.39 is 0 Å². The maximum atomic E-state index is 12.1. The monoisotopic (exact) mass is 508 g/mol. The van der Waals surface area contributed by atoms with Gasteiger partial charge in [0.15, 0.2) is 0 Å². The van der Waals surface area contributed by atoms with E-state index in [0.29, 0.717) is 29.3 Å². The number of nitrogens with one attached hydrogen (secondary N) is 2. The van der Waals surface area contributed by atoms with Gasteiger partial charge in [-0.25, -0.2) is 9.97 Å². The molecule has 4 N–H and O–H groups in total. The molecule has 3 aromatic rings. The molecule has 0 radical (unpaired) electrons. The predicted molar refractivity (Wildman–Crippen MR) is 148 cm³/mol. The zero-order valence-corrected chi connectivity index (χ0v) is 22.4. The van der Waals surface area contributed by atoms with Crippen molar-refractivity contribution >= 4 is 50.9 Å². The second-order valence-corrected chi connectivity index (χ2v) is 10.8. The molecular weight excluding hydrogens is 472 g/mol. The zero-order valence-electron chi connectivity index (χ0n) is 21.6. The fourth-order valence-electron chi connectivity index (χ4n) is 4.74. The number of rotatable bonds is 10. The number of nitrogens with zero attached hydrogens (tertiary/aromatic N) is 3. The Hall–Kier alpha value is -3.20. The molecule has 0 aliphatic heterocycles. The molecule has 4 rings (SSSR count). The van der Waals surface area contributed by atoms with Gasteiger partial charge in [0.05, 0.1) is 17.2 Å². The van der Waals surface area contributed by atoms with Crippen molar-refractivity contribution in [2.75, 3.05) is 24.6 Å². The number of thiophene rings is 1. The van der Waals surface area contributed by atoms with E-state index in [9.17, 15) is 4.79 Å². The molecule has 0 saturated heterocycles. The van der Waals surface area contributed by atoms with E-state index in [2.05, 4.69) is 15.3 Å². The van der Waals surface area contributed by atoms with Crippen LogP contribution in [0.5, 0.6) is 5.75 Å². The highest BCUT2D eigenvalue weighted by molar-refractivity contribution is 7.19. The van der Waals surface area contributed by atoms with Crippen molar-refractivity contribution in [3.05, 3.63) is 34.5 Å². The lowest BCUT2D eigenvalue weighted by atomic mass is 9.84. The summed E-state index contributed by atoms with van der Waals surface area (Å²) in [6.45, 7) is 6.70. The van der Waals surface area contributed by atoms with Crippen molar-refractivity contribution < 1.29 is 9.53 Å². The summed E-state index contributed by atoms with van der Waals surface area (Å²) in [5, 5.41) is 12.2. The van der Waals surface area contributed by atoms with Gasteiger partial charge in [-0.2, -0.15) is 0 Å². The lowest BCUT2D eigenvalue weighted by Crippen LogP contribution is -2.26. The molecule has 1 atom stereocenters. The highest BCUT2D eigenvalue weighted by Crippen LogP contribution is 2.42. The standard InChI is InChI=1S/C27H36N6O2S/c1-5-33(4)24(34)8-6-7-17-9-10-19-23(11-17)36-27-25(19)26(30-15-31-27)32-21-12-18(14-28)20(29)13-22(21)35-16(2)3/h12-17,28H,5-11,29H2,1-4H3,(H,30,31,32). The van der Waals surface area contributed by atoms with Gasteiger partial charge < -0.3 is 26.1 Å². The van der Waals surface area contributed by atoms with Crippen molar-refractivity contribution in [2.24, 2.45) is 5.92 Å². The number of aromatic nitrogens is 2. The average molecular weight is 509 g/mol. The Kier molecular flexibility index (Phi) is 8.08. The second-order valence-electron chi connectivity index (χ2n) is 9.73. The second kappa shape index (κ2) is 11.2. The highest BCUT2D eigenvalue weighted by atomic mass is 32.1. The summed E-state index contributed by atoms with van der Waals surface area (Å²) in [4.78, 5) is 25.5. The first-order valence-electron chi connectivity index (χ1n) is 12.7. The summed E-state index contributed by atoms with van der Waals surface area (Å²) in [6.07, 6.45) is 8.56. The van der Waals surface area contributed by atoms with Crippen LogP contribution in [-0.4, -0.2) is 46.7 Å². The van der Waals surface area contributed by atoms with Crippen LogP contribution in [0.2, 0.25) is 0 Å². The number of carbonyl (C=O) groups excluding carboxylic acids is 1. The molecule has 0 saturated carbocycles. The summed E-state index contributed by atoms with van der Waals surface area (Å²) in [5.41, 5.74) is 9.29. The summed E-state index contributed by atoms with van der Waals surface area (Å²) in [7, 11) is 1.87. The number of carbonyl (C=O) groups is 1. The molecule has 1 aliphatic rings. The zero-order chi connectivity index (χ0) is 25.8. The number of ether oxygens (including phenoxy) is 1. The van der Waals surface area contributed by atoms with Gasteiger partial charge >= 0.3 is 0 Å². The number of anilines is 3. The third kappa shape index (κ3) is 5.61. The molecule has 36 heavy (non-hydrogen) atoms. The Morgan fingerprint density at radius 1 is 1.39 bits per heavy atom. The van der Waals surface area contributed by atoms with Crippen LogP contribution >= 0.6 is 11.3 Å². The van der Waals surface area contributed by atoms with Gasteiger partial charge in [0.25, 0.3) is 0 Å². The largest absolute Gasteiger partial charge is 0.489 e. The Morgan fingerprint density at radius 2 is 2.19 bits per heavy atom. The van der Waals surface area contributed by atoms with Crippen LogP contribution < -0.4 is 15.8 Å². The van der Waals surface area contributed by atoms with Crippen molar-refractivity contribution in [3.8, 4) is 5.75 Å². The molecule has 1 unspecified atom stereocenters. The fourth-order valence-corrected chi connectivity index (χ4v) is 6.04. The first-order chi connectivity index (χ1) is 17.3. The molecule has 1 aliphatic carbocycles. The number of hydrogen-bond acceptors (Lipinski definition) is 8. The normalized spacial score (nSPS) is 15.1. The quantitative estimate of drug-likeness (QED) is 0.244. The summed E-state index contributed by atoms with van der Waals surface area (Å²) in [6, 6.07) is 3.60. The number of amides is 1. The number of nitrogen functional groups attached to an aromatic ring is 1. The Balaban J connectivity index is 1.56. The number of nitrogens with two attached hydrogens (primary N) is 1. The van der Waals surface area contributed by atoms with Crippen molar-refractivity contribution in [1.29, 1.82) is 5.41 Å². The molecule has 0 fully saturated rings. The molecule has 8 nitrogen and oxygen atoms in total. The molecule has 2 heterocycles. The lowest BCUT2D eigenvalue weighted by molar-refractivity contribution is -0.129.